The maximum absolute atomic E-state index is 13.5. The minimum atomic E-state index is -0.716. The summed E-state index contributed by atoms with van der Waals surface area (Å²) >= 11 is 0. The molecule has 2 atom stereocenters. The monoisotopic (exact) mass is 471 g/mol. The molecule has 5 rings (SSSR count). The molecule has 6 nitrogen and oxygen atoms in total. The molecule has 2 fully saturated rings. The largest absolute Gasteiger partial charge is 0.507 e. The summed E-state index contributed by atoms with van der Waals surface area (Å²) in [6.07, 6.45) is 1.63. The first-order valence-electron chi connectivity index (χ1n) is 11.9. The summed E-state index contributed by atoms with van der Waals surface area (Å²) in [4.78, 5) is 28.4. The molecule has 3 aromatic rings. The number of methoxy groups -OCH3 is 1. The predicted molar refractivity (Wildman–Crippen MR) is 134 cm³/mol. The molecular formula is C29H29NO5. The van der Waals surface area contributed by atoms with Crippen molar-refractivity contribution in [1.29, 1.82) is 0 Å². The summed E-state index contributed by atoms with van der Waals surface area (Å²) in [7, 11) is 1.60. The van der Waals surface area contributed by atoms with Crippen LogP contribution in [0.4, 0.5) is 0 Å². The Balaban J connectivity index is 1.73. The molecule has 0 spiro atoms. The van der Waals surface area contributed by atoms with Crippen LogP contribution in [0.2, 0.25) is 0 Å². The lowest BCUT2D eigenvalue weighted by atomic mass is 9.90. The van der Waals surface area contributed by atoms with E-state index in [-0.39, 0.29) is 17.4 Å². The van der Waals surface area contributed by atoms with Crippen LogP contribution in [0.1, 0.15) is 41.1 Å². The zero-order valence-corrected chi connectivity index (χ0v) is 20.2. The summed E-state index contributed by atoms with van der Waals surface area (Å²) < 4.78 is 11.2. The molecule has 2 saturated heterocycles. The quantitative estimate of drug-likeness (QED) is 0.320. The van der Waals surface area contributed by atoms with E-state index in [1.54, 1.807) is 18.1 Å². The van der Waals surface area contributed by atoms with Crippen LogP contribution < -0.4 is 4.74 Å². The Labute approximate surface area is 204 Å². The molecule has 0 aromatic heterocycles. The van der Waals surface area contributed by atoms with E-state index < -0.39 is 17.7 Å². The molecular weight excluding hydrogens is 442 g/mol. The number of aryl methyl sites for hydroxylation is 2. The van der Waals surface area contributed by atoms with Crippen LogP contribution in [0.15, 0.2) is 60.2 Å². The lowest BCUT2D eigenvalue weighted by Crippen LogP contribution is -2.36. The highest BCUT2D eigenvalue weighted by Crippen LogP contribution is 2.43. The number of likely N-dealkylation sites (tertiary alicyclic amines) is 1. The molecule has 1 amide bonds. The topological polar surface area (TPSA) is 76.1 Å². The van der Waals surface area contributed by atoms with Gasteiger partial charge < -0.3 is 19.5 Å². The van der Waals surface area contributed by atoms with Gasteiger partial charge in [-0.05, 0) is 66.3 Å². The van der Waals surface area contributed by atoms with Crippen LogP contribution in [0.25, 0.3) is 16.5 Å². The van der Waals surface area contributed by atoms with Gasteiger partial charge in [-0.1, -0.05) is 42.5 Å². The number of ketones is 1. The lowest BCUT2D eigenvalue weighted by molar-refractivity contribution is -0.140. The Morgan fingerprint density at radius 3 is 2.60 bits per heavy atom. The van der Waals surface area contributed by atoms with E-state index in [1.165, 1.54) is 0 Å². The van der Waals surface area contributed by atoms with Crippen molar-refractivity contribution >= 4 is 28.2 Å². The number of carbonyl (C=O) groups excluding carboxylic acids is 2. The minimum Gasteiger partial charge on any atom is -0.507 e. The van der Waals surface area contributed by atoms with E-state index in [0.717, 1.165) is 40.3 Å². The first-order valence-corrected chi connectivity index (χ1v) is 11.9. The van der Waals surface area contributed by atoms with Crippen LogP contribution in [0.3, 0.4) is 0 Å². The number of aliphatic hydroxyl groups is 1. The molecule has 35 heavy (non-hydrogen) atoms. The third-order valence-corrected chi connectivity index (χ3v) is 7.08. The van der Waals surface area contributed by atoms with Crippen molar-refractivity contribution in [2.24, 2.45) is 0 Å². The number of amides is 1. The molecule has 0 saturated carbocycles. The van der Waals surface area contributed by atoms with E-state index in [9.17, 15) is 14.7 Å². The summed E-state index contributed by atoms with van der Waals surface area (Å²) in [5.41, 5.74) is 3.02. The molecule has 1 N–H and O–H groups in total. The molecule has 2 aliphatic rings. The van der Waals surface area contributed by atoms with Gasteiger partial charge in [-0.2, -0.15) is 0 Å². The summed E-state index contributed by atoms with van der Waals surface area (Å²) in [6, 6.07) is 16.7. The number of carbonyl (C=O) groups is 2. The number of Topliss-reactive ketones (excluding diaryl/α,β-unsaturated/α-hetero) is 1. The van der Waals surface area contributed by atoms with E-state index in [2.05, 4.69) is 0 Å². The van der Waals surface area contributed by atoms with Crippen LogP contribution in [0, 0.1) is 13.8 Å². The Bertz CT molecular complexity index is 1350. The predicted octanol–water partition coefficient (Wildman–Crippen LogP) is 5.07. The molecule has 180 valence electrons. The molecule has 2 unspecified atom stereocenters. The molecule has 3 aromatic carbocycles. The number of fused-ring (bicyclic) bond motifs is 1. The second kappa shape index (κ2) is 9.19. The van der Waals surface area contributed by atoms with Crippen molar-refractivity contribution < 1.29 is 24.2 Å². The Kier molecular flexibility index (Phi) is 6.07. The highest BCUT2D eigenvalue weighted by molar-refractivity contribution is 6.46. The van der Waals surface area contributed by atoms with Crippen LogP contribution in [0.5, 0.6) is 5.75 Å². The average molecular weight is 472 g/mol. The zero-order valence-electron chi connectivity index (χ0n) is 20.2. The number of rotatable bonds is 5. The minimum absolute atomic E-state index is 0.108. The average Bonchev–Trinajstić information content (AvgIpc) is 3.47. The van der Waals surface area contributed by atoms with E-state index in [4.69, 9.17) is 9.47 Å². The van der Waals surface area contributed by atoms with Crippen molar-refractivity contribution in [3.63, 3.8) is 0 Å². The van der Waals surface area contributed by atoms with Crippen LogP contribution in [-0.4, -0.2) is 48.1 Å². The fourth-order valence-electron chi connectivity index (χ4n) is 5.30. The Morgan fingerprint density at radius 2 is 1.86 bits per heavy atom. The van der Waals surface area contributed by atoms with Crippen molar-refractivity contribution in [2.45, 2.75) is 38.8 Å². The van der Waals surface area contributed by atoms with Gasteiger partial charge in [0.1, 0.15) is 11.5 Å². The van der Waals surface area contributed by atoms with Crippen molar-refractivity contribution in [2.75, 3.05) is 20.3 Å². The summed E-state index contributed by atoms with van der Waals surface area (Å²) in [5, 5.41) is 13.5. The van der Waals surface area contributed by atoms with Gasteiger partial charge >= 0.3 is 0 Å². The Morgan fingerprint density at radius 1 is 1.09 bits per heavy atom. The summed E-state index contributed by atoms with van der Waals surface area (Å²) in [6.45, 7) is 4.69. The molecule has 2 aliphatic heterocycles. The number of ether oxygens (including phenoxy) is 2. The SMILES string of the molecule is COc1cc(C)c(/C(O)=C2\C(=O)C(=O)N(CC3CCCO3)C2c2cccc3ccccc23)cc1C. The Hall–Kier alpha value is -3.64. The number of hydrogen-bond acceptors (Lipinski definition) is 5. The van der Waals surface area contributed by atoms with Crippen LogP contribution in [-0.2, 0) is 14.3 Å². The maximum atomic E-state index is 13.5. The molecule has 2 heterocycles. The molecule has 0 bridgehead atoms. The van der Waals surface area contributed by atoms with Gasteiger partial charge in [-0.25, -0.2) is 0 Å². The summed E-state index contributed by atoms with van der Waals surface area (Å²) in [5.74, 6) is -0.753. The molecule has 0 aliphatic carbocycles. The fourth-order valence-corrected chi connectivity index (χ4v) is 5.30. The number of hydrogen-bond donors (Lipinski definition) is 1. The fraction of sp³-hybridized carbons (Fsp3) is 0.310. The van der Waals surface area contributed by atoms with Crippen molar-refractivity contribution in [3.05, 3.63) is 82.4 Å². The van der Waals surface area contributed by atoms with E-state index in [1.807, 2.05) is 62.4 Å². The smallest absolute Gasteiger partial charge is 0.295 e. The molecule has 6 heteroatoms. The zero-order chi connectivity index (χ0) is 24.7. The van der Waals surface area contributed by atoms with Gasteiger partial charge in [0.15, 0.2) is 0 Å². The molecule has 0 radical (unpaired) electrons. The van der Waals surface area contributed by atoms with Gasteiger partial charge in [0.2, 0.25) is 0 Å². The van der Waals surface area contributed by atoms with Gasteiger partial charge in [0, 0.05) is 18.7 Å². The number of benzene rings is 3. The van der Waals surface area contributed by atoms with Crippen molar-refractivity contribution in [3.8, 4) is 5.75 Å². The maximum Gasteiger partial charge on any atom is 0.295 e. The standard InChI is InChI=1S/C29H29NO5/c1-17-15-24(34-3)18(2)14-23(17)27(31)25-26(22-12-6-9-19-8-4-5-11-21(19)22)30(29(33)28(25)32)16-20-10-7-13-35-20/h4-6,8-9,11-12,14-15,20,26,31H,7,10,13,16H2,1-3H3/b27-25+. The van der Waals surface area contributed by atoms with Gasteiger partial charge in [-0.15, -0.1) is 0 Å². The number of aliphatic hydroxyl groups excluding tert-OH is 1. The van der Waals surface area contributed by atoms with Gasteiger partial charge in [0.05, 0.1) is 24.8 Å². The number of nitrogens with zero attached hydrogens (tertiary/aromatic N) is 1. The van der Waals surface area contributed by atoms with Gasteiger partial charge in [0.25, 0.3) is 11.7 Å². The highest BCUT2D eigenvalue weighted by Gasteiger charge is 2.47. The lowest BCUT2D eigenvalue weighted by Gasteiger charge is -2.28. The normalized spacial score (nSPS) is 21.7. The highest BCUT2D eigenvalue weighted by atomic mass is 16.5. The van der Waals surface area contributed by atoms with E-state index >= 15 is 0 Å². The van der Waals surface area contributed by atoms with Crippen LogP contribution >= 0.6 is 0 Å². The van der Waals surface area contributed by atoms with Gasteiger partial charge in [-0.3, -0.25) is 9.59 Å². The second-order valence-corrected chi connectivity index (χ2v) is 9.29. The third-order valence-electron chi connectivity index (χ3n) is 7.08. The second-order valence-electron chi connectivity index (χ2n) is 9.29. The first kappa shape index (κ1) is 23.1. The van der Waals surface area contributed by atoms with Crippen molar-refractivity contribution in [1.82, 2.24) is 4.90 Å². The third kappa shape index (κ3) is 3.98. The van der Waals surface area contributed by atoms with E-state index in [0.29, 0.717) is 24.5 Å². The first-order chi connectivity index (χ1) is 16.9.